The highest BCUT2D eigenvalue weighted by Gasteiger charge is 2.27. The standard InChI is InChI=1S/C26H34FN3O6S/c1-4-5-14-28-26(32)19(2)29(17-20-8-10-21(27)11-9-20)25(31)7-6-15-30(37(3,33)34)22-12-13-23-24(16-22)36-18-35-23/h8-13,16,19H,4-7,14-15,17-18H2,1-3H3,(H,28,32). The zero-order chi connectivity index (χ0) is 27.0. The summed E-state index contributed by atoms with van der Waals surface area (Å²) in [5, 5.41) is 2.85. The van der Waals surface area contributed by atoms with Gasteiger partial charge < -0.3 is 19.7 Å². The minimum absolute atomic E-state index is 0.0182. The number of hydrogen-bond acceptors (Lipinski definition) is 6. The number of anilines is 1. The zero-order valence-electron chi connectivity index (χ0n) is 21.4. The molecule has 0 saturated carbocycles. The van der Waals surface area contributed by atoms with Crippen LogP contribution >= 0.6 is 0 Å². The van der Waals surface area contributed by atoms with Crippen molar-refractivity contribution in [1.29, 1.82) is 0 Å². The lowest BCUT2D eigenvalue weighted by Gasteiger charge is -2.29. The number of fused-ring (bicyclic) bond motifs is 1. The molecule has 11 heteroatoms. The van der Waals surface area contributed by atoms with Gasteiger partial charge in [-0.3, -0.25) is 13.9 Å². The van der Waals surface area contributed by atoms with E-state index in [0.29, 0.717) is 29.3 Å². The molecule has 9 nitrogen and oxygen atoms in total. The molecule has 0 aliphatic carbocycles. The van der Waals surface area contributed by atoms with Crippen LogP contribution in [0.15, 0.2) is 42.5 Å². The summed E-state index contributed by atoms with van der Waals surface area (Å²) in [6, 6.07) is 9.86. The number of nitrogens with one attached hydrogen (secondary N) is 1. The maximum Gasteiger partial charge on any atom is 0.242 e. The van der Waals surface area contributed by atoms with Gasteiger partial charge in [-0.15, -0.1) is 0 Å². The molecule has 2 aromatic rings. The lowest BCUT2D eigenvalue weighted by molar-refractivity contribution is -0.140. The van der Waals surface area contributed by atoms with E-state index in [2.05, 4.69) is 5.32 Å². The number of benzene rings is 2. The molecule has 0 spiro atoms. The Kier molecular flexibility index (Phi) is 9.73. The molecular weight excluding hydrogens is 501 g/mol. The van der Waals surface area contributed by atoms with Gasteiger partial charge in [0.1, 0.15) is 11.9 Å². The molecule has 1 aliphatic rings. The first kappa shape index (κ1) is 28.2. The van der Waals surface area contributed by atoms with Crippen LogP contribution in [-0.2, 0) is 26.2 Å². The van der Waals surface area contributed by atoms with Gasteiger partial charge in [0.15, 0.2) is 11.5 Å². The minimum Gasteiger partial charge on any atom is -0.454 e. The number of carbonyl (C=O) groups is 2. The third-order valence-electron chi connectivity index (χ3n) is 6.06. The summed E-state index contributed by atoms with van der Waals surface area (Å²) in [5.41, 5.74) is 1.09. The quantitative estimate of drug-likeness (QED) is 0.394. The van der Waals surface area contributed by atoms with Gasteiger partial charge in [0.05, 0.1) is 11.9 Å². The second-order valence-corrected chi connectivity index (χ2v) is 10.9. The Morgan fingerprint density at radius 2 is 1.78 bits per heavy atom. The Labute approximate surface area is 217 Å². The van der Waals surface area contributed by atoms with E-state index in [0.717, 1.165) is 19.1 Å². The number of amides is 2. The van der Waals surface area contributed by atoms with Crippen LogP contribution in [0.25, 0.3) is 0 Å². The topological polar surface area (TPSA) is 105 Å². The van der Waals surface area contributed by atoms with Crippen molar-refractivity contribution in [2.75, 3.05) is 30.4 Å². The zero-order valence-corrected chi connectivity index (χ0v) is 22.2. The van der Waals surface area contributed by atoms with Gasteiger partial charge in [0.25, 0.3) is 0 Å². The monoisotopic (exact) mass is 535 g/mol. The van der Waals surface area contributed by atoms with Gasteiger partial charge in [-0.05, 0) is 49.6 Å². The van der Waals surface area contributed by atoms with Gasteiger partial charge in [-0.2, -0.15) is 0 Å². The Bertz CT molecular complexity index is 1190. The summed E-state index contributed by atoms with van der Waals surface area (Å²) in [7, 11) is -3.64. The highest BCUT2D eigenvalue weighted by atomic mass is 32.2. The normalized spacial score (nSPS) is 13.2. The molecule has 1 heterocycles. The number of sulfonamides is 1. The first-order chi connectivity index (χ1) is 17.6. The largest absolute Gasteiger partial charge is 0.454 e. The first-order valence-electron chi connectivity index (χ1n) is 12.3. The second-order valence-electron chi connectivity index (χ2n) is 8.94. The molecule has 0 radical (unpaired) electrons. The lowest BCUT2D eigenvalue weighted by atomic mass is 10.1. The van der Waals surface area contributed by atoms with E-state index in [1.807, 2.05) is 6.92 Å². The molecule has 2 aromatic carbocycles. The molecule has 1 atom stereocenters. The Morgan fingerprint density at radius 3 is 2.46 bits per heavy atom. The molecule has 2 amide bonds. The third kappa shape index (κ3) is 7.82. The van der Waals surface area contributed by atoms with Crippen LogP contribution in [0.3, 0.4) is 0 Å². The Balaban J connectivity index is 1.70. The molecule has 1 aliphatic heterocycles. The molecule has 0 saturated heterocycles. The van der Waals surface area contributed by atoms with Crippen molar-refractivity contribution in [3.63, 3.8) is 0 Å². The maximum absolute atomic E-state index is 13.4. The van der Waals surface area contributed by atoms with Crippen molar-refractivity contribution in [3.05, 3.63) is 53.8 Å². The Hall–Kier alpha value is -3.34. The molecule has 0 fully saturated rings. The fourth-order valence-corrected chi connectivity index (χ4v) is 4.91. The molecule has 1 unspecified atom stereocenters. The van der Waals surface area contributed by atoms with Gasteiger partial charge in [0.2, 0.25) is 28.6 Å². The fourth-order valence-electron chi connectivity index (χ4n) is 3.95. The van der Waals surface area contributed by atoms with Gasteiger partial charge in [0, 0.05) is 32.1 Å². The second kappa shape index (κ2) is 12.8. The summed E-state index contributed by atoms with van der Waals surface area (Å²) in [6.45, 7) is 4.43. The minimum atomic E-state index is -3.64. The molecule has 0 bridgehead atoms. The van der Waals surface area contributed by atoms with Crippen LogP contribution in [-0.4, -0.2) is 57.3 Å². The molecular formula is C26H34FN3O6S. The van der Waals surface area contributed by atoms with Crippen molar-refractivity contribution in [2.45, 2.75) is 52.1 Å². The van der Waals surface area contributed by atoms with E-state index in [9.17, 15) is 22.4 Å². The smallest absolute Gasteiger partial charge is 0.242 e. The number of rotatable bonds is 13. The third-order valence-corrected chi connectivity index (χ3v) is 7.25. The molecule has 0 aromatic heterocycles. The van der Waals surface area contributed by atoms with Crippen molar-refractivity contribution in [2.24, 2.45) is 0 Å². The molecule has 3 rings (SSSR count). The summed E-state index contributed by atoms with van der Waals surface area (Å²) in [4.78, 5) is 27.4. The van der Waals surface area contributed by atoms with Crippen molar-refractivity contribution in [3.8, 4) is 11.5 Å². The lowest BCUT2D eigenvalue weighted by Crippen LogP contribution is -2.48. The van der Waals surface area contributed by atoms with Crippen LogP contribution in [0, 0.1) is 5.82 Å². The van der Waals surface area contributed by atoms with Crippen molar-refractivity contribution < 1.29 is 31.9 Å². The van der Waals surface area contributed by atoms with Gasteiger partial charge in [-0.25, -0.2) is 12.8 Å². The van der Waals surface area contributed by atoms with E-state index in [4.69, 9.17) is 9.47 Å². The maximum atomic E-state index is 13.4. The summed E-state index contributed by atoms with van der Waals surface area (Å²) < 4.78 is 50.3. The molecule has 202 valence electrons. The van der Waals surface area contributed by atoms with Crippen LogP contribution in [0.2, 0.25) is 0 Å². The molecule has 1 N–H and O–H groups in total. The van der Waals surface area contributed by atoms with Crippen molar-refractivity contribution >= 4 is 27.5 Å². The summed E-state index contributed by atoms with van der Waals surface area (Å²) >= 11 is 0. The number of unbranched alkanes of at least 4 members (excludes halogenated alkanes) is 1. The average molecular weight is 536 g/mol. The predicted molar refractivity (Wildman–Crippen MR) is 138 cm³/mol. The number of carbonyl (C=O) groups excluding carboxylic acids is 2. The SMILES string of the molecule is CCCCNC(=O)C(C)N(Cc1ccc(F)cc1)C(=O)CCCN(c1ccc2c(c1)OCO2)S(C)(=O)=O. The first-order valence-corrected chi connectivity index (χ1v) is 14.1. The number of halogens is 1. The number of ether oxygens (including phenoxy) is 2. The van der Waals surface area contributed by atoms with Crippen LogP contribution < -0.4 is 19.1 Å². The van der Waals surface area contributed by atoms with E-state index in [1.165, 1.54) is 21.3 Å². The average Bonchev–Trinajstić information content (AvgIpc) is 3.33. The Morgan fingerprint density at radius 1 is 1.08 bits per heavy atom. The van der Waals surface area contributed by atoms with Crippen LogP contribution in [0.5, 0.6) is 11.5 Å². The molecule has 37 heavy (non-hydrogen) atoms. The van der Waals surface area contributed by atoms with E-state index < -0.39 is 21.9 Å². The van der Waals surface area contributed by atoms with Gasteiger partial charge >= 0.3 is 0 Å². The summed E-state index contributed by atoms with van der Waals surface area (Å²) in [6.07, 6.45) is 3.09. The number of nitrogens with zero attached hydrogens (tertiary/aromatic N) is 2. The highest BCUT2D eigenvalue weighted by molar-refractivity contribution is 7.92. The van der Waals surface area contributed by atoms with E-state index in [1.54, 1.807) is 37.3 Å². The summed E-state index contributed by atoms with van der Waals surface area (Å²) in [5.74, 6) is 0.0191. The highest BCUT2D eigenvalue weighted by Crippen LogP contribution is 2.36. The van der Waals surface area contributed by atoms with Gasteiger partial charge in [-0.1, -0.05) is 25.5 Å². The van der Waals surface area contributed by atoms with Crippen LogP contribution in [0.1, 0.15) is 45.1 Å². The van der Waals surface area contributed by atoms with E-state index in [-0.39, 0.29) is 44.5 Å². The van der Waals surface area contributed by atoms with E-state index >= 15 is 0 Å². The predicted octanol–water partition coefficient (Wildman–Crippen LogP) is 3.43. The van der Waals surface area contributed by atoms with Crippen molar-refractivity contribution in [1.82, 2.24) is 10.2 Å². The number of hydrogen-bond donors (Lipinski definition) is 1. The fraction of sp³-hybridized carbons (Fsp3) is 0.462. The van der Waals surface area contributed by atoms with Crippen LogP contribution in [0.4, 0.5) is 10.1 Å².